The molecular weight excluding hydrogens is 355 g/mol. The van der Waals surface area contributed by atoms with Gasteiger partial charge >= 0.3 is 0 Å². The van der Waals surface area contributed by atoms with Crippen molar-refractivity contribution in [2.45, 2.75) is 23.8 Å². The molecule has 23 heavy (non-hydrogen) atoms. The molecule has 2 N–H and O–H groups in total. The van der Waals surface area contributed by atoms with Crippen molar-refractivity contribution in [1.29, 1.82) is 0 Å². The molecule has 0 aliphatic rings. The van der Waals surface area contributed by atoms with Gasteiger partial charge in [-0.1, -0.05) is 64.6 Å². The second kappa shape index (κ2) is 7.43. The zero-order chi connectivity index (χ0) is 17.0. The van der Waals surface area contributed by atoms with E-state index in [1.807, 2.05) is 50.2 Å². The number of carbonyl (C=O) groups excluding carboxylic acids is 1. The molecular formula is C17H17Cl3N2O. The highest BCUT2D eigenvalue weighted by Crippen LogP contribution is 2.31. The van der Waals surface area contributed by atoms with E-state index in [4.69, 9.17) is 34.8 Å². The SMILES string of the molecule is Cc1ccc(C(=O)N[C@@H](Nc2cccc(C)c2)C(Cl)(Cl)Cl)cc1. The zero-order valence-corrected chi connectivity index (χ0v) is 15.0. The molecule has 0 spiro atoms. The summed E-state index contributed by atoms with van der Waals surface area (Å²) in [5.41, 5.74) is 3.38. The molecule has 0 fully saturated rings. The summed E-state index contributed by atoms with van der Waals surface area (Å²) in [7, 11) is 0. The predicted octanol–water partition coefficient (Wildman–Crippen LogP) is 4.84. The third-order valence-electron chi connectivity index (χ3n) is 3.25. The lowest BCUT2D eigenvalue weighted by atomic mass is 10.1. The minimum absolute atomic E-state index is 0.318. The van der Waals surface area contributed by atoms with Crippen molar-refractivity contribution in [1.82, 2.24) is 5.32 Å². The number of carbonyl (C=O) groups is 1. The van der Waals surface area contributed by atoms with Crippen LogP contribution in [0.5, 0.6) is 0 Å². The molecule has 1 atom stereocenters. The van der Waals surface area contributed by atoms with Crippen LogP contribution in [0.2, 0.25) is 0 Å². The summed E-state index contributed by atoms with van der Waals surface area (Å²) in [6, 6.07) is 14.8. The zero-order valence-electron chi connectivity index (χ0n) is 12.7. The van der Waals surface area contributed by atoms with Gasteiger partial charge in [-0.15, -0.1) is 0 Å². The molecule has 0 saturated heterocycles. The Kier molecular flexibility index (Phi) is 5.79. The molecule has 2 rings (SSSR count). The van der Waals surface area contributed by atoms with Gasteiger partial charge in [0.25, 0.3) is 5.91 Å². The molecule has 0 radical (unpaired) electrons. The molecule has 2 aromatic carbocycles. The Morgan fingerprint density at radius 1 is 1.00 bits per heavy atom. The van der Waals surface area contributed by atoms with Crippen LogP contribution in [0.25, 0.3) is 0 Å². The second-order valence-corrected chi connectivity index (χ2v) is 7.70. The highest BCUT2D eigenvalue weighted by molar-refractivity contribution is 6.68. The van der Waals surface area contributed by atoms with Gasteiger partial charge in [0.05, 0.1) is 0 Å². The fourth-order valence-corrected chi connectivity index (χ4v) is 2.35. The molecule has 1 amide bonds. The average molecular weight is 372 g/mol. The van der Waals surface area contributed by atoms with E-state index in [0.717, 1.165) is 16.8 Å². The Hall–Kier alpha value is -1.42. The molecule has 0 saturated carbocycles. The third kappa shape index (κ3) is 5.31. The second-order valence-electron chi connectivity index (χ2n) is 5.33. The number of nitrogens with one attached hydrogen (secondary N) is 2. The number of hydrogen-bond donors (Lipinski definition) is 2. The van der Waals surface area contributed by atoms with E-state index in [-0.39, 0.29) is 5.91 Å². The summed E-state index contributed by atoms with van der Waals surface area (Å²) in [4.78, 5) is 12.3. The van der Waals surface area contributed by atoms with Crippen molar-refractivity contribution in [3.05, 3.63) is 65.2 Å². The Labute approximate surface area is 150 Å². The number of rotatable bonds is 4. The quantitative estimate of drug-likeness (QED) is 0.596. The summed E-state index contributed by atoms with van der Waals surface area (Å²) in [6.07, 6.45) is -0.872. The van der Waals surface area contributed by atoms with Crippen molar-refractivity contribution in [2.24, 2.45) is 0 Å². The van der Waals surface area contributed by atoms with Gasteiger partial charge in [0, 0.05) is 11.3 Å². The Balaban J connectivity index is 2.16. The normalized spacial score (nSPS) is 12.6. The van der Waals surface area contributed by atoms with Gasteiger partial charge in [-0.05, 0) is 43.7 Å². The van der Waals surface area contributed by atoms with E-state index >= 15 is 0 Å². The Morgan fingerprint density at radius 3 is 2.22 bits per heavy atom. The summed E-state index contributed by atoms with van der Waals surface area (Å²) >= 11 is 18.0. The number of anilines is 1. The molecule has 2 aromatic rings. The maximum atomic E-state index is 12.3. The minimum Gasteiger partial charge on any atom is -0.362 e. The molecule has 0 unspecified atom stereocenters. The molecule has 122 valence electrons. The maximum absolute atomic E-state index is 12.3. The average Bonchev–Trinajstić information content (AvgIpc) is 2.46. The summed E-state index contributed by atoms with van der Waals surface area (Å²) in [6.45, 7) is 3.91. The Bertz CT molecular complexity index is 681. The van der Waals surface area contributed by atoms with Crippen LogP contribution >= 0.6 is 34.8 Å². The van der Waals surface area contributed by atoms with E-state index in [2.05, 4.69) is 10.6 Å². The van der Waals surface area contributed by atoms with Gasteiger partial charge in [-0.3, -0.25) is 4.79 Å². The smallest absolute Gasteiger partial charge is 0.252 e. The van der Waals surface area contributed by atoms with Gasteiger partial charge in [0.2, 0.25) is 3.79 Å². The fourth-order valence-electron chi connectivity index (χ4n) is 2.02. The Morgan fingerprint density at radius 2 is 1.65 bits per heavy atom. The summed E-state index contributed by atoms with van der Waals surface area (Å²) in [5.74, 6) is -0.318. The number of benzene rings is 2. The number of halogens is 3. The first-order chi connectivity index (χ1) is 10.8. The molecule has 0 bridgehead atoms. The van der Waals surface area contributed by atoms with Crippen LogP contribution in [0.15, 0.2) is 48.5 Å². The van der Waals surface area contributed by atoms with Crippen molar-refractivity contribution < 1.29 is 4.79 Å². The van der Waals surface area contributed by atoms with E-state index in [1.165, 1.54) is 0 Å². The van der Waals surface area contributed by atoms with E-state index in [9.17, 15) is 4.79 Å². The van der Waals surface area contributed by atoms with Gasteiger partial charge < -0.3 is 10.6 Å². The molecule has 6 heteroatoms. The first kappa shape index (κ1) is 17.9. The van der Waals surface area contributed by atoms with Crippen LogP contribution in [0.1, 0.15) is 21.5 Å². The first-order valence-electron chi connectivity index (χ1n) is 7.03. The highest BCUT2D eigenvalue weighted by Gasteiger charge is 2.34. The van der Waals surface area contributed by atoms with Crippen LogP contribution in [0, 0.1) is 13.8 Å². The standard InChI is InChI=1S/C17H17Cl3N2O/c1-11-6-8-13(9-7-11)15(23)22-16(17(18,19)20)21-14-5-3-4-12(2)10-14/h3-10,16,21H,1-2H3,(H,22,23)/t16-/m1/s1. The minimum atomic E-state index is -1.70. The fraction of sp³-hybridized carbons (Fsp3) is 0.235. The van der Waals surface area contributed by atoms with Crippen LogP contribution in [-0.4, -0.2) is 15.9 Å². The van der Waals surface area contributed by atoms with Crippen LogP contribution < -0.4 is 10.6 Å². The van der Waals surface area contributed by atoms with Crippen molar-refractivity contribution in [3.63, 3.8) is 0 Å². The lowest BCUT2D eigenvalue weighted by Crippen LogP contribution is -2.49. The number of aryl methyl sites for hydroxylation is 2. The van der Waals surface area contributed by atoms with Gasteiger partial charge in [0.1, 0.15) is 6.17 Å². The predicted molar refractivity (Wildman–Crippen MR) is 97.5 cm³/mol. The van der Waals surface area contributed by atoms with Crippen molar-refractivity contribution >= 4 is 46.4 Å². The van der Waals surface area contributed by atoms with Gasteiger partial charge in [0.15, 0.2) is 0 Å². The van der Waals surface area contributed by atoms with Gasteiger partial charge in [-0.2, -0.15) is 0 Å². The van der Waals surface area contributed by atoms with Crippen molar-refractivity contribution in [2.75, 3.05) is 5.32 Å². The topological polar surface area (TPSA) is 41.1 Å². The number of hydrogen-bond acceptors (Lipinski definition) is 2. The molecule has 0 aliphatic heterocycles. The largest absolute Gasteiger partial charge is 0.362 e. The van der Waals surface area contributed by atoms with E-state index < -0.39 is 9.96 Å². The molecule has 0 aromatic heterocycles. The van der Waals surface area contributed by atoms with E-state index in [0.29, 0.717) is 5.56 Å². The van der Waals surface area contributed by atoms with Gasteiger partial charge in [-0.25, -0.2) is 0 Å². The number of amides is 1. The van der Waals surface area contributed by atoms with Crippen LogP contribution in [0.4, 0.5) is 5.69 Å². The van der Waals surface area contributed by atoms with Crippen LogP contribution in [-0.2, 0) is 0 Å². The van der Waals surface area contributed by atoms with Crippen molar-refractivity contribution in [3.8, 4) is 0 Å². The highest BCUT2D eigenvalue weighted by atomic mass is 35.6. The lowest BCUT2D eigenvalue weighted by Gasteiger charge is -2.27. The molecule has 3 nitrogen and oxygen atoms in total. The monoisotopic (exact) mass is 370 g/mol. The summed E-state index contributed by atoms with van der Waals surface area (Å²) < 4.78 is -1.70. The van der Waals surface area contributed by atoms with E-state index in [1.54, 1.807) is 12.1 Å². The third-order valence-corrected chi connectivity index (χ3v) is 3.90. The summed E-state index contributed by atoms with van der Waals surface area (Å²) in [5, 5.41) is 5.76. The number of alkyl halides is 3. The maximum Gasteiger partial charge on any atom is 0.252 e. The lowest BCUT2D eigenvalue weighted by molar-refractivity contribution is 0.0942. The molecule has 0 heterocycles. The molecule has 0 aliphatic carbocycles. The van der Waals surface area contributed by atoms with Crippen LogP contribution in [0.3, 0.4) is 0 Å². The first-order valence-corrected chi connectivity index (χ1v) is 8.16.